The lowest BCUT2D eigenvalue weighted by molar-refractivity contribution is -0.117. The van der Waals surface area contributed by atoms with E-state index in [1.165, 1.54) is 5.56 Å². The van der Waals surface area contributed by atoms with Gasteiger partial charge in [-0.25, -0.2) is 0 Å². The van der Waals surface area contributed by atoms with Crippen LogP contribution in [0.1, 0.15) is 43.5 Å². The van der Waals surface area contributed by atoms with Crippen LogP contribution in [-0.2, 0) is 18.3 Å². The molecule has 23 heavy (non-hydrogen) atoms. The molecule has 0 saturated carbocycles. The van der Waals surface area contributed by atoms with Crippen LogP contribution in [-0.4, -0.2) is 15.7 Å². The van der Waals surface area contributed by atoms with E-state index in [0.29, 0.717) is 5.92 Å². The van der Waals surface area contributed by atoms with E-state index in [1.54, 1.807) is 23.0 Å². The van der Waals surface area contributed by atoms with Crippen molar-refractivity contribution >= 4 is 12.0 Å². The summed E-state index contributed by atoms with van der Waals surface area (Å²) in [6, 6.07) is 8.45. The summed E-state index contributed by atoms with van der Waals surface area (Å²) in [7, 11) is 1.85. The molecule has 1 aromatic carbocycles. The van der Waals surface area contributed by atoms with E-state index in [1.807, 2.05) is 20.2 Å². The Labute approximate surface area is 138 Å². The molecule has 1 atom stereocenters. The highest BCUT2D eigenvalue weighted by atomic mass is 16.1. The summed E-state index contributed by atoms with van der Waals surface area (Å²) in [6.45, 7) is 6.42. The third-order valence-corrected chi connectivity index (χ3v) is 3.63. The van der Waals surface area contributed by atoms with Crippen LogP contribution in [0.15, 0.2) is 42.7 Å². The first-order valence-electron chi connectivity index (χ1n) is 8.00. The van der Waals surface area contributed by atoms with Crippen LogP contribution in [0.4, 0.5) is 0 Å². The number of rotatable bonds is 6. The summed E-state index contributed by atoms with van der Waals surface area (Å²) in [5, 5.41) is 7.05. The summed E-state index contributed by atoms with van der Waals surface area (Å²) in [5.74, 6) is 0.545. The zero-order chi connectivity index (χ0) is 16.8. The van der Waals surface area contributed by atoms with Crippen LogP contribution in [0.5, 0.6) is 0 Å². The Hall–Kier alpha value is -2.36. The zero-order valence-electron chi connectivity index (χ0n) is 14.3. The lowest BCUT2D eigenvalue weighted by atomic mass is 10.00. The average Bonchev–Trinajstić information content (AvgIpc) is 2.91. The summed E-state index contributed by atoms with van der Waals surface area (Å²) in [4.78, 5) is 12.0. The van der Waals surface area contributed by atoms with Gasteiger partial charge in [0.1, 0.15) is 0 Å². The third kappa shape index (κ3) is 5.40. The number of carbonyl (C=O) groups is 1. The molecular weight excluding hydrogens is 286 g/mol. The molecule has 0 fully saturated rings. The quantitative estimate of drug-likeness (QED) is 0.830. The fourth-order valence-corrected chi connectivity index (χ4v) is 2.46. The van der Waals surface area contributed by atoms with Gasteiger partial charge in [0.15, 0.2) is 0 Å². The Balaban J connectivity index is 1.91. The monoisotopic (exact) mass is 311 g/mol. The van der Waals surface area contributed by atoms with E-state index in [2.05, 4.69) is 48.5 Å². The molecule has 122 valence electrons. The van der Waals surface area contributed by atoms with Crippen LogP contribution in [0, 0.1) is 5.92 Å². The Morgan fingerprint density at radius 2 is 1.96 bits per heavy atom. The van der Waals surface area contributed by atoms with E-state index in [4.69, 9.17) is 0 Å². The lowest BCUT2D eigenvalue weighted by Gasteiger charge is -2.14. The maximum atomic E-state index is 12.0. The molecule has 2 rings (SSSR count). The van der Waals surface area contributed by atoms with Crippen LogP contribution >= 0.6 is 0 Å². The molecule has 0 saturated heterocycles. The summed E-state index contributed by atoms with van der Waals surface area (Å²) in [5.41, 5.74) is 3.35. The smallest absolute Gasteiger partial charge is 0.244 e. The lowest BCUT2D eigenvalue weighted by Crippen LogP contribution is -2.24. The fourth-order valence-electron chi connectivity index (χ4n) is 2.46. The standard InChI is InChI=1S/C19H25N3O/c1-14(2)11-16-5-8-18(9-6-16)15(3)21-19(23)10-7-17-12-20-22(4)13-17/h5-10,12-15H,11H2,1-4H3,(H,21,23)/b10-7+. The first-order valence-corrected chi connectivity index (χ1v) is 8.00. The van der Waals surface area contributed by atoms with E-state index in [-0.39, 0.29) is 11.9 Å². The van der Waals surface area contributed by atoms with Crippen molar-refractivity contribution in [3.63, 3.8) is 0 Å². The van der Waals surface area contributed by atoms with Crippen molar-refractivity contribution in [1.29, 1.82) is 0 Å². The van der Waals surface area contributed by atoms with Gasteiger partial charge in [-0.2, -0.15) is 5.10 Å². The average molecular weight is 311 g/mol. The second-order valence-corrected chi connectivity index (χ2v) is 6.35. The van der Waals surface area contributed by atoms with E-state index in [0.717, 1.165) is 17.5 Å². The van der Waals surface area contributed by atoms with Crippen molar-refractivity contribution in [3.05, 3.63) is 59.4 Å². The predicted molar refractivity (Wildman–Crippen MR) is 93.8 cm³/mol. The molecule has 4 heteroatoms. The maximum Gasteiger partial charge on any atom is 0.244 e. The molecule has 0 bridgehead atoms. The number of hydrogen-bond donors (Lipinski definition) is 1. The van der Waals surface area contributed by atoms with E-state index < -0.39 is 0 Å². The first kappa shape index (κ1) is 17.0. The Kier molecular flexibility index (Phi) is 5.74. The Morgan fingerprint density at radius 1 is 1.26 bits per heavy atom. The minimum Gasteiger partial charge on any atom is -0.346 e. The molecule has 1 unspecified atom stereocenters. The van der Waals surface area contributed by atoms with Crippen molar-refractivity contribution < 1.29 is 4.79 Å². The third-order valence-electron chi connectivity index (χ3n) is 3.63. The van der Waals surface area contributed by atoms with Crippen molar-refractivity contribution in [2.75, 3.05) is 0 Å². The summed E-state index contributed by atoms with van der Waals surface area (Å²) < 4.78 is 1.71. The molecule has 2 aromatic rings. The van der Waals surface area contributed by atoms with Crippen LogP contribution in [0.3, 0.4) is 0 Å². The highest BCUT2D eigenvalue weighted by Gasteiger charge is 2.08. The number of nitrogens with one attached hydrogen (secondary N) is 1. The second kappa shape index (κ2) is 7.77. The number of benzene rings is 1. The number of nitrogens with zero attached hydrogens (tertiary/aromatic N) is 2. The largest absolute Gasteiger partial charge is 0.346 e. The molecule has 0 aliphatic rings. The molecule has 1 heterocycles. The second-order valence-electron chi connectivity index (χ2n) is 6.35. The molecule has 0 radical (unpaired) electrons. The van der Waals surface area contributed by atoms with Gasteiger partial charge in [-0.1, -0.05) is 38.1 Å². The van der Waals surface area contributed by atoms with Crippen molar-refractivity contribution in [3.8, 4) is 0 Å². The Bertz CT molecular complexity index is 668. The van der Waals surface area contributed by atoms with Crippen molar-refractivity contribution in [1.82, 2.24) is 15.1 Å². The van der Waals surface area contributed by atoms with Gasteiger partial charge in [-0.3, -0.25) is 9.48 Å². The highest BCUT2D eigenvalue weighted by Crippen LogP contribution is 2.15. The summed E-state index contributed by atoms with van der Waals surface area (Å²) >= 11 is 0. The van der Waals surface area contributed by atoms with Gasteiger partial charge in [0.25, 0.3) is 0 Å². The SMILES string of the molecule is CC(C)Cc1ccc(C(C)NC(=O)/C=C/c2cnn(C)c2)cc1. The van der Waals surface area contributed by atoms with Crippen LogP contribution in [0.2, 0.25) is 0 Å². The highest BCUT2D eigenvalue weighted by molar-refractivity contribution is 5.91. The van der Waals surface area contributed by atoms with E-state index >= 15 is 0 Å². The minimum absolute atomic E-state index is 0.0193. The minimum atomic E-state index is -0.104. The number of aryl methyl sites for hydroxylation is 1. The number of carbonyl (C=O) groups excluding carboxylic acids is 1. The Morgan fingerprint density at radius 3 is 2.52 bits per heavy atom. The van der Waals surface area contributed by atoms with Crippen LogP contribution < -0.4 is 5.32 Å². The fraction of sp³-hybridized carbons (Fsp3) is 0.368. The van der Waals surface area contributed by atoms with Gasteiger partial charge in [0.2, 0.25) is 5.91 Å². The van der Waals surface area contributed by atoms with Gasteiger partial charge in [-0.05, 0) is 36.5 Å². The zero-order valence-corrected chi connectivity index (χ0v) is 14.3. The van der Waals surface area contributed by atoms with Gasteiger partial charge in [0.05, 0.1) is 12.2 Å². The normalized spacial score (nSPS) is 12.7. The topological polar surface area (TPSA) is 46.9 Å². The number of aromatic nitrogens is 2. The molecule has 1 amide bonds. The molecular formula is C19H25N3O. The van der Waals surface area contributed by atoms with Gasteiger partial charge < -0.3 is 5.32 Å². The maximum absolute atomic E-state index is 12.0. The summed E-state index contributed by atoms with van der Waals surface area (Å²) in [6.07, 6.45) is 7.97. The van der Waals surface area contributed by atoms with Gasteiger partial charge >= 0.3 is 0 Å². The predicted octanol–water partition coefficient (Wildman–Crippen LogP) is 3.51. The first-order chi connectivity index (χ1) is 10.9. The van der Waals surface area contributed by atoms with Gasteiger partial charge in [0, 0.05) is 24.9 Å². The molecule has 0 spiro atoms. The molecule has 0 aliphatic carbocycles. The number of hydrogen-bond acceptors (Lipinski definition) is 2. The van der Waals surface area contributed by atoms with Crippen LogP contribution in [0.25, 0.3) is 6.08 Å². The van der Waals surface area contributed by atoms with E-state index in [9.17, 15) is 4.79 Å². The van der Waals surface area contributed by atoms with Crippen molar-refractivity contribution in [2.24, 2.45) is 13.0 Å². The van der Waals surface area contributed by atoms with Crippen molar-refractivity contribution in [2.45, 2.75) is 33.2 Å². The molecule has 1 aromatic heterocycles. The number of amides is 1. The van der Waals surface area contributed by atoms with Gasteiger partial charge in [-0.15, -0.1) is 0 Å². The molecule has 1 N–H and O–H groups in total. The molecule has 4 nitrogen and oxygen atoms in total. The molecule has 0 aliphatic heterocycles.